The summed E-state index contributed by atoms with van der Waals surface area (Å²) in [4.78, 5) is 13.8. The number of hydrogen-bond donors (Lipinski definition) is 2. The van der Waals surface area contributed by atoms with E-state index in [4.69, 9.17) is 0 Å². The van der Waals surface area contributed by atoms with Crippen molar-refractivity contribution in [3.8, 4) is 0 Å². The predicted molar refractivity (Wildman–Crippen MR) is 115 cm³/mol. The number of aromatic nitrogens is 1. The van der Waals surface area contributed by atoms with Crippen molar-refractivity contribution in [1.82, 2.24) is 20.5 Å². The predicted octanol–water partition coefficient (Wildman–Crippen LogP) is 2.71. The maximum atomic E-state index is 4.58. The lowest BCUT2D eigenvalue weighted by Crippen LogP contribution is -2.46. The molecule has 1 aromatic rings. The molecule has 6 heteroatoms. The molecule has 2 rings (SSSR count). The Morgan fingerprint density at radius 2 is 1.93 bits per heavy atom. The maximum absolute atomic E-state index is 4.58. The third kappa shape index (κ3) is 7.37. The first-order chi connectivity index (χ1) is 13.0. The van der Waals surface area contributed by atoms with Crippen LogP contribution in [0.3, 0.4) is 0 Å². The highest BCUT2D eigenvalue weighted by molar-refractivity contribution is 5.79. The van der Waals surface area contributed by atoms with Gasteiger partial charge in [0.15, 0.2) is 5.96 Å². The third-order valence-corrected chi connectivity index (χ3v) is 5.20. The van der Waals surface area contributed by atoms with Crippen LogP contribution in [0.15, 0.2) is 23.3 Å². The highest BCUT2D eigenvalue weighted by Crippen LogP contribution is 2.15. The zero-order valence-electron chi connectivity index (χ0n) is 17.8. The second-order valence-corrected chi connectivity index (χ2v) is 7.89. The maximum Gasteiger partial charge on any atom is 0.191 e. The third-order valence-electron chi connectivity index (χ3n) is 5.20. The van der Waals surface area contributed by atoms with E-state index in [2.05, 4.69) is 70.2 Å². The van der Waals surface area contributed by atoms with E-state index >= 15 is 0 Å². The fraction of sp³-hybridized carbons (Fsp3) is 0.714. The van der Waals surface area contributed by atoms with E-state index in [1.54, 1.807) is 0 Å². The highest BCUT2D eigenvalue weighted by atomic mass is 15.3. The van der Waals surface area contributed by atoms with Gasteiger partial charge in [-0.3, -0.25) is 4.99 Å². The Balaban J connectivity index is 1.84. The van der Waals surface area contributed by atoms with Crippen LogP contribution in [0.1, 0.15) is 46.1 Å². The van der Waals surface area contributed by atoms with Gasteiger partial charge in [0, 0.05) is 52.0 Å². The molecule has 0 aliphatic carbocycles. The first-order valence-electron chi connectivity index (χ1n) is 10.4. The van der Waals surface area contributed by atoms with E-state index in [-0.39, 0.29) is 0 Å². The van der Waals surface area contributed by atoms with Crippen LogP contribution >= 0.6 is 0 Å². The Hall–Kier alpha value is -1.82. The Bertz CT molecular complexity index is 578. The molecule has 1 aliphatic heterocycles. The minimum absolute atomic E-state index is 0.418. The van der Waals surface area contributed by atoms with E-state index in [0.717, 1.165) is 63.4 Å². The van der Waals surface area contributed by atoms with Crippen molar-refractivity contribution < 1.29 is 0 Å². The SMILES string of the molecule is CCN1CCN(c2cc(CNC(=NC)NC(C)CCC(C)C)ccn2)CC1. The van der Waals surface area contributed by atoms with Crippen molar-refractivity contribution >= 4 is 11.8 Å². The van der Waals surface area contributed by atoms with Gasteiger partial charge in [-0.2, -0.15) is 0 Å². The Morgan fingerprint density at radius 1 is 1.19 bits per heavy atom. The number of nitrogens with one attached hydrogen (secondary N) is 2. The van der Waals surface area contributed by atoms with Crippen LogP contribution in [0.5, 0.6) is 0 Å². The number of rotatable bonds is 8. The normalized spacial score (nSPS) is 17.3. The minimum atomic E-state index is 0.418. The van der Waals surface area contributed by atoms with Crippen LogP contribution in [-0.2, 0) is 6.54 Å². The molecule has 27 heavy (non-hydrogen) atoms. The van der Waals surface area contributed by atoms with Gasteiger partial charge in [-0.25, -0.2) is 4.98 Å². The topological polar surface area (TPSA) is 55.8 Å². The average molecular weight is 375 g/mol. The van der Waals surface area contributed by atoms with E-state index in [9.17, 15) is 0 Å². The van der Waals surface area contributed by atoms with Gasteiger partial charge in [-0.1, -0.05) is 20.8 Å². The van der Waals surface area contributed by atoms with Crippen molar-refractivity contribution in [2.75, 3.05) is 44.7 Å². The minimum Gasteiger partial charge on any atom is -0.354 e. The molecule has 1 aliphatic rings. The molecule has 0 aromatic carbocycles. The number of piperazine rings is 1. The fourth-order valence-electron chi connectivity index (χ4n) is 3.31. The second kappa shape index (κ2) is 11.1. The number of aliphatic imine (C=N–C) groups is 1. The van der Waals surface area contributed by atoms with Gasteiger partial charge in [0.1, 0.15) is 5.82 Å². The second-order valence-electron chi connectivity index (χ2n) is 7.89. The number of pyridine rings is 1. The lowest BCUT2D eigenvalue weighted by Gasteiger charge is -2.34. The molecule has 0 bridgehead atoms. The van der Waals surface area contributed by atoms with E-state index in [0.29, 0.717) is 6.04 Å². The van der Waals surface area contributed by atoms with Crippen LogP contribution in [0.4, 0.5) is 5.82 Å². The molecule has 1 fully saturated rings. The average Bonchev–Trinajstić information content (AvgIpc) is 2.69. The fourth-order valence-corrected chi connectivity index (χ4v) is 3.31. The Morgan fingerprint density at radius 3 is 2.56 bits per heavy atom. The summed E-state index contributed by atoms with van der Waals surface area (Å²) < 4.78 is 0. The van der Waals surface area contributed by atoms with Crippen molar-refractivity contribution in [3.05, 3.63) is 23.9 Å². The summed E-state index contributed by atoms with van der Waals surface area (Å²) in [6.07, 6.45) is 4.30. The van der Waals surface area contributed by atoms with Crippen LogP contribution in [0.25, 0.3) is 0 Å². The van der Waals surface area contributed by atoms with Gasteiger partial charge in [-0.15, -0.1) is 0 Å². The zero-order chi connectivity index (χ0) is 19.6. The summed E-state index contributed by atoms with van der Waals surface area (Å²) in [6.45, 7) is 15.2. The van der Waals surface area contributed by atoms with E-state index in [1.807, 2.05) is 13.2 Å². The molecule has 152 valence electrons. The van der Waals surface area contributed by atoms with Gasteiger partial charge < -0.3 is 20.4 Å². The van der Waals surface area contributed by atoms with Crippen molar-refractivity contribution in [1.29, 1.82) is 0 Å². The first-order valence-corrected chi connectivity index (χ1v) is 10.4. The van der Waals surface area contributed by atoms with Gasteiger partial charge in [0.2, 0.25) is 0 Å². The molecule has 0 radical (unpaired) electrons. The molecule has 0 spiro atoms. The number of guanidine groups is 1. The number of anilines is 1. The molecule has 2 N–H and O–H groups in total. The molecule has 1 unspecified atom stereocenters. The van der Waals surface area contributed by atoms with Crippen LogP contribution in [-0.4, -0.2) is 61.7 Å². The Kier molecular flexibility index (Phi) is 8.85. The monoisotopic (exact) mass is 374 g/mol. The van der Waals surface area contributed by atoms with Crippen LogP contribution in [0, 0.1) is 5.92 Å². The summed E-state index contributed by atoms with van der Waals surface area (Å²) in [5, 5.41) is 6.92. The molecule has 0 amide bonds. The largest absolute Gasteiger partial charge is 0.354 e. The molecular formula is C21H38N6. The summed E-state index contributed by atoms with van der Waals surface area (Å²) in [7, 11) is 1.83. The van der Waals surface area contributed by atoms with Crippen molar-refractivity contribution in [2.24, 2.45) is 10.9 Å². The van der Waals surface area contributed by atoms with Gasteiger partial charge in [0.25, 0.3) is 0 Å². The van der Waals surface area contributed by atoms with Crippen LogP contribution in [0.2, 0.25) is 0 Å². The lowest BCUT2D eigenvalue weighted by atomic mass is 10.0. The van der Waals surface area contributed by atoms with Gasteiger partial charge in [-0.05, 0) is 49.9 Å². The lowest BCUT2D eigenvalue weighted by molar-refractivity contribution is 0.270. The number of nitrogens with zero attached hydrogens (tertiary/aromatic N) is 4. The molecule has 1 saturated heterocycles. The standard InChI is InChI=1S/C21H38N6/c1-6-26-11-13-27(14-12-26)20-15-19(9-10-23-20)16-24-21(22-5)25-18(4)8-7-17(2)3/h9-10,15,17-18H,6-8,11-14,16H2,1-5H3,(H2,22,24,25). The number of likely N-dealkylation sites (N-methyl/N-ethyl adjacent to an activating group) is 1. The molecule has 2 heterocycles. The summed E-state index contributed by atoms with van der Waals surface area (Å²) >= 11 is 0. The molecule has 0 saturated carbocycles. The summed E-state index contributed by atoms with van der Waals surface area (Å²) in [5.74, 6) is 2.68. The highest BCUT2D eigenvalue weighted by Gasteiger charge is 2.17. The number of hydrogen-bond acceptors (Lipinski definition) is 4. The molecule has 1 atom stereocenters. The first kappa shape index (κ1) is 21.5. The summed E-state index contributed by atoms with van der Waals surface area (Å²) in [5.41, 5.74) is 1.23. The molecule has 6 nitrogen and oxygen atoms in total. The Labute approximate surface area is 165 Å². The van der Waals surface area contributed by atoms with E-state index < -0.39 is 0 Å². The molecule has 1 aromatic heterocycles. The summed E-state index contributed by atoms with van der Waals surface area (Å²) in [6, 6.07) is 4.69. The zero-order valence-corrected chi connectivity index (χ0v) is 17.8. The smallest absolute Gasteiger partial charge is 0.191 e. The quantitative estimate of drug-likeness (QED) is 0.541. The van der Waals surface area contributed by atoms with Crippen molar-refractivity contribution in [3.63, 3.8) is 0 Å². The van der Waals surface area contributed by atoms with Crippen LogP contribution < -0.4 is 15.5 Å². The van der Waals surface area contributed by atoms with Crippen molar-refractivity contribution in [2.45, 2.75) is 53.1 Å². The molecular weight excluding hydrogens is 336 g/mol. The van der Waals surface area contributed by atoms with E-state index in [1.165, 1.54) is 12.0 Å². The van der Waals surface area contributed by atoms with Gasteiger partial charge >= 0.3 is 0 Å². The van der Waals surface area contributed by atoms with Gasteiger partial charge in [0.05, 0.1) is 0 Å².